The fourth-order valence-corrected chi connectivity index (χ4v) is 6.34. The van der Waals surface area contributed by atoms with E-state index in [1.54, 1.807) is 22.1 Å². The standard InChI is InChI=1S/C27H25ClN6O3S2/c28-25-4-3-24(39-25)22-14-19(32-37-22)17-34-21(23-2-1-13-38-23)15-26(31-34)36-27(35)30-16-18-7-11-33(12-8-18)20-5-9-29-10-6-20/h1-6,9-10,13-15,18H,7-8,11-12,16-17H2,(H,30,35). The molecule has 0 spiro atoms. The van der Waals surface area contributed by atoms with Gasteiger partial charge in [0.25, 0.3) is 0 Å². The second kappa shape index (κ2) is 11.6. The number of aromatic nitrogens is 4. The van der Waals surface area contributed by atoms with Crippen LogP contribution >= 0.6 is 34.3 Å². The van der Waals surface area contributed by atoms with Gasteiger partial charge in [0.1, 0.15) is 5.69 Å². The number of piperidine rings is 1. The van der Waals surface area contributed by atoms with E-state index in [4.69, 9.17) is 20.9 Å². The third-order valence-corrected chi connectivity index (χ3v) is 8.73. The second-order valence-electron chi connectivity index (χ2n) is 9.20. The van der Waals surface area contributed by atoms with Gasteiger partial charge in [-0.3, -0.25) is 9.67 Å². The van der Waals surface area contributed by atoms with Gasteiger partial charge >= 0.3 is 6.09 Å². The minimum absolute atomic E-state index is 0.233. The molecule has 200 valence electrons. The number of carbonyl (C=O) groups is 1. The molecule has 1 N–H and O–H groups in total. The third-order valence-electron chi connectivity index (χ3n) is 6.59. The average Bonchev–Trinajstić information content (AvgIpc) is 3.77. The van der Waals surface area contributed by atoms with Gasteiger partial charge in [-0.2, -0.15) is 0 Å². The predicted molar refractivity (Wildman–Crippen MR) is 153 cm³/mol. The van der Waals surface area contributed by atoms with E-state index in [-0.39, 0.29) is 5.88 Å². The molecule has 0 saturated carbocycles. The summed E-state index contributed by atoms with van der Waals surface area (Å²) in [5, 5.41) is 13.7. The first kappa shape index (κ1) is 25.6. The molecular weight excluding hydrogens is 556 g/mol. The van der Waals surface area contributed by atoms with E-state index in [0.717, 1.165) is 41.4 Å². The largest absolute Gasteiger partial charge is 0.414 e. The Morgan fingerprint density at radius 1 is 1.13 bits per heavy atom. The van der Waals surface area contributed by atoms with Crippen molar-refractivity contribution in [3.8, 4) is 27.1 Å². The first-order valence-corrected chi connectivity index (χ1v) is 14.6. The Labute approximate surface area is 238 Å². The summed E-state index contributed by atoms with van der Waals surface area (Å²) in [6, 6.07) is 15.4. The summed E-state index contributed by atoms with van der Waals surface area (Å²) in [5.74, 6) is 1.28. The number of amides is 1. The van der Waals surface area contributed by atoms with Crippen LogP contribution in [-0.4, -0.2) is 45.6 Å². The van der Waals surface area contributed by atoms with Gasteiger partial charge in [-0.15, -0.1) is 27.8 Å². The highest BCUT2D eigenvalue weighted by Gasteiger charge is 2.21. The molecule has 0 atom stereocenters. The van der Waals surface area contributed by atoms with Crippen molar-refractivity contribution in [2.24, 2.45) is 5.92 Å². The van der Waals surface area contributed by atoms with E-state index in [0.29, 0.717) is 34.8 Å². The van der Waals surface area contributed by atoms with E-state index >= 15 is 0 Å². The van der Waals surface area contributed by atoms with Crippen LogP contribution in [0.4, 0.5) is 10.5 Å². The molecular formula is C27H25ClN6O3S2. The van der Waals surface area contributed by atoms with Gasteiger partial charge < -0.3 is 19.5 Å². The number of thiophene rings is 2. The second-order valence-corrected chi connectivity index (χ2v) is 11.9. The number of hydrogen-bond donors (Lipinski definition) is 1. The molecule has 6 heterocycles. The smallest absolute Gasteiger partial charge is 0.390 e. The van der Waals surface area contributed by atoms with Crippen LogP contribution in [0.5, 0.6) is 5.88 Å². The van der Waals surface area contributed by atoms with Crippen LogP contribution in [0.15, 0.2) is 70.8 Å². The number of hydrogen-bond acceptors (Lipinski definition) is 9. The molecule has 5 aromatic rings. The zero-order valence-electron chi connectivity index (χ0n) is 20.8. The normalized spacial score (nSPS) is 14.0. The molecule has 9 nitrogen and oxygen atoms in total. The van der Waals surface area contributed by atoms with Crippen LogP contribution in [0, 0.1) is 5.92 Å². The lowest BCUT2D eigenvalue weighted by molar-refractivity contribution is 0.195. The molecule has 0 aromatic carbocycles. The van der Waals surface area contributed by atoms with E-state index in [1.807, 2.05) is 60.2 Å². The van der Waals surface area contributed by atoms with Crippen LogP contribution in [0.25, 0.3) is 21.2 Å². The molecule has 0 aliphatic carbocycles. The summed E-state index contributed by atoms with van der Waals surface area (Å²) in [6.07, 6.45) is 5.12. The Balaban J connectivity index is 1.07. The molecule has 1 aliphatic heterocycles. The number of nitrogens with one attached hydrogen (secondary N) is 1. The van der Waals surface area contributed by atoms with Crippen molar-refractivity contribution in [3.63, 3.8) is 0 Å². The first-order valence-electron chi connectivity index (χ1n) is 12.5. The molecule has 12 heteroatoms. The number of halogens is 1. The summed E-state index contributed by atoms with van der Waals surface area (Å²) in [5.41, 5.74) is 2.72. The lowest BCUT2D eigenvalue weighted by atomic mass is 9.96. The number of carbonyl (C=O) groups excluding carboxylic acids is 1. The van der Waals surface area contributed by atoms with Gasteiger partial charge in [0, 0.05) is 49.8 Å². The maximum absolute atomic E-state index is 12.6. The average molecular weight is 581 g/mol. The third kappa shape index (κ3) is 6.16. The summed E-state index contributed by atoms with van der Waals surface area (Å²) in [4.78, 5) is 21.0. The molecule has 5 aromatic heterocycles. The topological polar surface area (TPSA) is 98.3 Å². The summed E-state index contributed by atoms with van der Waals surface area (Å²) < 4.78 is 13.6. The van der Waals surface area contributed by atoms with Crippen LogP contribution in [-0.2, 0) is 6.54 Å². The van der Waals surface area contributed by atoms with Crippen LogP contribution in [0.1, 0.15) is 18.5 Å². The van der Waals surface area contributed by atoms with Crippen molar-refractivity contribution < 1.29 is 14.1 Å². The van der Waals surface area contributed by atoms with Crippen molar-refractivity contribution >= 4 is 46.1 Å². The molecule has 1 amide bonds. The van der Waals surface area contributed by atoms with Crippen LogP contribution in [0.3, 0.4) is 0 Å². The Morgan fingerprint density at radius 3 is 2.72 bits per heavy atom. The minimum atomic E-state index is -0.507. The Hall–Kier alpha value is -3.67. The first-order chi connectivity index (χ1) is 19.1. The maximum Gasteiger partial charge on any atom is 0.414 e. The van der Waals surface area contributed by atoms with Crippen LogP contribution in [0.2, 0.25) is 4.34 Å². The Kier molecular flexibility index (Phi) is 7.62. The van der Waals surface area contributed by atoms with Gasteiger partial charge in [0.2, 0.25) is 5.88 Å². The highest BCUT2D eigenvalue weighted by molar-refractivity contribution is 7.19. The van der Waals surface area contributed by atoms with Crippen molar-refractivity contribution in [3.05, 3.63) is 76.3 Å². The summed E-state index contributed by atoms with van der Waals surface area (Å²) >= 11 is 9.07. The quantitative estimate of drug-likeness (QED) is 0.226. The van der Waals surface area contributed by atoms with E-state index in [2.05, 4.69) is 25.5 Å². The summed E-state index contributed by atoms with van der Waals surface area (Å²) in [7, 11) is 0. The van der Waals surface area contributed by atoms with Gasteiger partial charge in [0.15, 0.2) is 5.76 Å². The van der Waals surface area contributed by atoms with Gasteiger partial charge in [-0.1, -0.05) is 22.8 Å². The number of nitrogens with zero attached hydrogens (tertiary/aromatic N) is 5. The molecule has 6 rings (SSSR count). The zero-order valence-corrected chi connectivity index (χ0v) is 23.2. The van der Waals surface area contributed by atoms with Gasteiger partial charge in [-0.25, -0.2) is 4.79 Å². The predicted octanol–water partition coefficient (Wildman–Crippen LogP) is 6.43. The number of ether oxygens (including phenoxy) is 1. The zero-order chi connectivity index (χ0) is 26.6. The molecule has 0 bridgehead atoms. The van der Waals surface area contributed by atoms with E-state index < -0.39 is 6.09 Å². The van der Waals surface area contributed by atoms with Crippen molar-refractivity contribution in [2.45, 2.75) is 19.4 Å². The Bertz CT molecular complexity index is 1520. The highest BCUT2D eigenvalue weighted by atomic mass is 35.5. The fourth-order valence-electron chi connectivity index (χ4n) is 4.60. The lowest BCUT2D eigenvalue weighted by Gasteiger charge is -2.33. The molecule has 1 saturated heterocycles. The van der Waals surface area contributed by atoms with Gasteiger partial charge in [-0.05, 0) is 54.5 Å². The molecule has 39 heavy (non-hydrogen) atoms. The van der Waals surface area contributed by atoms with Crippen molar-refractivity contribution in [1.82, 2.24) is 25.2 Å². The summed E-state index contributed by atoms with van der Waals surface area (Å²) in [6.45, 7) is 2.82. The van der Waals surface area contributed by atoms with Crippen molar-refractivity contribution in [2.75, 3.05) is 24.5 Å². The van der Waals surface area contributed by atoms with Crippen LogP contribution < -0.4 is 15.0 Å². The van der Waals surface area contributed by atoms with E-state index in [1.165, 1.54) is 17.0 Å². The number of rotatable bonds is 8. The van der Waals surface area contributed by atoms with E-state index in [9.17, 15) is 4.79 Å². The lowest BCUT2D eigenvalue weighted by Crippen LogP contribution is -2.39. The molecule has 1 aliphatic rings. The molecule has 1 fully saturated rings. The van der Waals surface area contributed by atoms with Crippen molar-refractivity contribution in [1.29, 1.82) is 0 Å². The highest BCUT2D eigenvalue weighted by Crippen LogP contribution is 2.32. The maximum atomic E-state index is 12.6. The monoisotopic (exact) mass is 580 g/mol. The molecule has 0 radical (unpaired) electrons. The fraction of sp³-hybridized carbons (Fsp3) is 0.259. The minimum Gasteiger partial charge on any atom is -0.390 e. The van der Waals surface area contributed by atoms with Gasteiger partial charge in [0.05, 0.1) is 26.3 Å². The number of anilines is 1. The SMILES string of the molecule is O=C(NCC1CCN(c2ccncc2)CC1)Oc1cc(-c2cccs2)n(Cc2cc(-c3ccc(Cl)s3)on2)n1. The molecule has 0 unspecified atom stereocenters. The Morgan fingerprint density at radius 2 is 1.97 bits per heavy atom. The number of pyridine rings is 1.